The van der Waals surface area contributed by atoms with Crippen LogP contribution in [0.5, 0.6) is 0 Å². The lowest BCUT2D eigenvalue weighted by molar-refractivity contribution is 0.0621. The van der Waals surface area contributed by atoms with E-state index < -0.39 is 0 Å². The largest absolute Gasteiger partial charge is 0.396 e. The van der Waals surface area contributed by atoms with Crippen molar-refractivity contribution in [1.29, 1.82) is 0 Å². The van der Waals surface area contributed by atoms with Crippen LogP contribution >= 0.6 is 0 Å². The van der Waals surface area contributed by atoms with E-state index in [0.29, 0.717) is 24.3 Å². The summed E-state index contributed by atoms with van der Waals surface area (Å²) < 4.78 is 0. The second-order valence-corrected chi connectivity index (χ2v) is 5.03. The fourth-order valence-electron chi connectivity index (χ4n) is 2.59. The highest BCUT2D eigenvalue weighted by atomic mass is 16.3. The Morgan fingerprint density at radius 1 is 1.38 bits per heavy atom. The van der Waals surface area contributed by atoms with Gasteiger partial charge in [0.25, 0.3) is 5.91 Å². The molecule has 1 atom stereocenters. The molecule has 1 aliphatic heterocycles. The van der Waals surface area contributed by atoms with E-state index >= 15 is 0 Å². The summed E-state index contributed by atoms with van der Waals surface area (Å²) in [6.07, 6.45) is 1.86. The number of hydrogen-bond donors (Lipinski definition) is 1. The van der Waals surface area contributed by atoms with Gasteiger partial charge in [-0.25, -0.2) is 0 Å². The standard InChI is InChI=1S/C15H20N4O2/c1-16-19(17-2)14-8-4-3-7-13(14)15(21)18-9-5-6-12(10-18)11-20/h3-4,7-8,12,20H,1-2,5-6,9-11H2. The van der Waals surface area contributed by atoms with Gasteiger partial charge in [-0.2, -0.15) is 15.3 Å². The van der Waals surface area contributed by atoms with Gasteiger partial charge in [0.15, 0.2) is 0 Å². The van der Waals surface area contributed by atoms with Gasteiger partial charge in [-0.15, -0.1) is 0 Å². The fraction of sp³-hybridized carbons (Fsp3) is 0.400. The third kappa shape index (κ3) is 3.28. The van der Waals surface area contributed by atoms with Gasteiger partial charge in [-0.05, 0) is 30.9 Å². The number of rotatable bonds is 5. The van der Waals surface area contributed by atoms with Crippen molar-refractivity contribution in [2.45, 2.75) is 12.8 Å². The highest BCUT2D eigenvalue weighted by Gasteiger charge is 2.26. The van der Waals surface area contributed by atoms with Gasteiger partial charge in [0.1, 0.15) is 0 Å². The normalized spacial score (nSPS) is 18.1. The second-order valence-electron chi connectivity index (χ2n) is 5.03. The molecular weight excluding hydrogens is 268 g/mol. The summed E-state index contributed by atoms with van der Waals surface area (Å²) in [5.74, 6) is 0.0714. The predicted octanol–water partition coefficient (Wildman–Crippen LogP) is 1.57. The number of piperidine rings is 1. The van der Waals surface area contributed by atoms with E-state index in [4.69, 9.17) is 0 Å². The van der Waals surface area contributed by atoms with E-state index in [1.54, 1.807) is 23.1 Å². The van der Waals surface area contributed by atoms with Crippen LogP contribution in [0.4, 0.5) is 5.69 Å². The number of hydrazone groups is 2. The molecule has 6 nitrogen and oxygen atoms in total. The van der Waals surface area contributed by atoms with Crippen LogP contribution in [0.1, 0.15) is 23.2 Å². The number of carbonyl (C=O) groups is 1. The van der Waals surface area contributed by atoms with Gasteiger partial charge in [-0.3, -0.25) is 4.79 Å². The van der Waals surface area contributed by atoms with E-state index in [0.717, 1.165) is 12.8 Å². The Kier molecular flexibility index (Phi) is 5.05. The highest BCUT2D eigenvalue weighted by molar-refractivity contribution is 5.99. The number of para-hydroxylation sites is 1. The molecule has 1 aromatic rings. The molecule has 1 heterocycles. The summed E-state index contributed by atoms with van der Waals surface area (Å²) in [4.78, 5) is 14.5. The summed E-state index contributed by atoms with van der Waals surface area (Å²) in [5.41, 5.74) is 1.06. The number of likely N-dealkylation sites (tertiary alicyclic amines) is 1. The minimum Gasteiger partial charge on any atom is -0.396 e. The first kappa shape index (κ1) is 15.2. The quantitative estimate of drug-likeness (QED) is 0.660. The van der Waals surface area contributed by atoms with Gasteiger partial charge in [0.05, 0.1) is 11.3 Å². The number of benzene rings is 1. The molecule has 0 aromatic heterocycles. The maximum absolute atomic E-state index is 12.7. The van der Waals surface area contributed by atoms with Crippen molar-refractivity contribution in [1.82, 2.24) is 4.90 Å². The maximum Gasteiger partial charge on any atom is 0.256 e. The zero-order chi connectivity index (χ0) is 15.2. The van der Waals surface area contributed by atoms with Gasteiger partial charge >= 0.3 is 0 Å². The van der Waals surface area contributed by atoms with Crippen LogP contribution in [0.3, 0.4) is 0 Å². The molecule has 0 bridgehead atoms. The van der Waals surface area contributed by atoms with E-state index in [1.165, 1.54) is 5.12 Å². The molecule has 1 N–H and O–H groups in total. The molecule has 1 fully saturated rings. The molecule has 1 unspecified atom stereocenters. The zero-order valence-corrected chi connectivity index (χ0v) is 12.0. The minimum atomic E-state index is -0.0824. The molecule has 2 rings (SSSR count). The van der Waals surface area contributed by atoms with Crippen molar-refractivity contribution in [3.05, 3.63) is 29.8 Å². The van der Waals surface area contributed by atoms with Crippen LogP contribution in [-0.2, 0) is 0 Å². The summed E-state index contributed by atoms with van der Waals surface area (Å²) in [5, 5.41) is 18.0. The van der Waals surface area contributed by atoms with E-state index in [2.05, 4.69) is 23.6 Å². The highest BCUT2D eigenvalue weighted by Crippen LogP contribution is 2.25. The molecule has 0 radical (unpaired) electrons. The van der Waals surface area contributed by atoms with Crippen LogP contribution in [0.15, 0.2) is 34.5 Å². The van der Waals surface area contributed by atoms with Crippen LogP contribution in [0.25, 0.3) is 0 Å². The van der Waals surface area contributed by atoms with Crippen LogP contribution in [0.2, 0.25) is 0 Å². The number of anilines is 1. The van der Waals surface area contributed by atoms with Crippen molar-refractivity contribution >= 4 is 25.0 Å². The topological polar surface area (TPSA) is 68.5 Å². The molecule has 21 heavy (non-hydrogen) atoms. The molecule has 1 aromatic carbocycles. The van der Waals surface area contributed by atoms with Gasteiger partial charge in [0, 0.05) is 33.1 Å². The van der Waals surface area contributed by atoms with Crippen molar-refractivity contribution in [3.63, 3.8) is 0 Å². The van der Waals surface area contributed by atoms with Gasteiger partial charge < -0.3 is 10.0 Å². The zero-order valence-electron chi connectivity index (χ0n) is 12.0. The van der Waals surface area contributed by atoms with Crippen molar-refractivity contribution in [2.24, 2.45) is 16.1 Å². The Balaban J connectivity index is 2.26. The van der Waals surface area contributed by atoms with Crippen molar-refractivity contribution < 1.29 is 9.90 Å². The molecule has 0 aliphatic carbocycles. The van der Waals surface area contributed by atoms with Crippen molar-refractivity contribution in [3.8, 4) is 0 Å². The van der Waals surface area contributed by atoms with Crippen LogP contribution in [-0.4, -0.2) is 49.0 Å². The SMILES string of the molecule is C=NN(N=C)c1ccccc1C(=O)N1CCCC(CO)C1. The molecule has 1 aliphatic rings. The average molecular weight is 288 g/mol. The van der Waals surface area contributed by atoms with Crippen LogP contribution < -0.4 is 5.12 Å². The Morgan fingerprint density at radius 3 is 2.76 bits per heavy atom. The lowest BCUT2D eigenvalue weighted by atomic mass is 9.98. The number of nitrogens with zero attached hydrogens (tertiary/aromatic N) is 4. The summed E-state index contributed by atoms with van der Waals surface area (Å²) in [7, 11) is 0. The molecular formula is C15H20N4O2. The number of amides is 1. The Bertz CT molecular complexity index is 524. The molecule has 0 saturated carbocycles. The van der Waals surface area contributed by atoms with Crippen LogP contribution in [0, 0.1) is 5.92 Å². The third-order valence-corrected chi connectivity index (χ3v) is 3.68. The lowest BCUT2D eigenvalue weighted by Crippen LogP contribution is -2.41. The minimum absolute atomic E-state index is 0.0824. The number of carbonyl (C=O) groups excluding carboxylic acids is 1. The van der Waals surface area contributed by atoms with Gasteiger partial charge in [0.2, 0.25) is 0 Å². The van der Waals surface area contributed by atoms with E-state index in [-0.39, 0.29) is 18.4 Å². The number of aliphatic hydroxyl groups excluding tert-OH is 1. The Hall–Kier alpha value is -2.21. The fourth-order valence-corrected chi connectivity index (χ4v) is 2.59. The molecule has 0 spiro atoms. The summed E-state index contributed by atoms with van der Waals surface area (Å²) in [6.45, 7) is 8.25. The average Bonchev–Trinajstić information content (AvgIpc) is 2.56. The van der Waals surface area contributed by atoms with Gasteiger partial charge in [-0.1, -0.05) is 12.1 Å². The summed E-state index contributed by atoms with van der Waals surface area (Å²) in [6, 6.07) is 7.10. The molecule has 6 heteroatoms. The molecule has 112 valence electrons. The van der Waals surface area contributed by atoms with E-state index in [1.807, 2.05) is 6.07 Å². The first-order valence-corrected chi connectivity index (χ1v) is 6.93. The number of hydrogen-bond acceptors (Lipinski definition) is 5. The first-order valence-electron chi connectivity index (χ1n) is 6.93. The third-order valence-electron chi connectivity index (χ3n) is 3.68. The second kappa shape index (κ2) is 6.99. The van der Waals surface area contributed by atoms with E-state index in [9.17, 15) is 9.90 Å². The Morgan fingerprint density at radius 2 is 2.10 bits per heavy atom. The monoisotopic (exact) mass is 288 g/mol. The Labute approximate surface area is 124 Å². The smallest absolute Gasteiger partial charge is 0.256 e. The predicted molar refractivity (Wildman–Crippen MR) is 83.7 cm³/mol. The lowest BCUT2D eigenvalue weighted by Gasteiger charge is -2.32. The first-order chi connectivity index (χ1) is 10.2. The molecule has 1 amide bonds. The maximum atomic E-state index is 12.7. The summed E-state index contributed by atoms with van der Waals surface area (Å²) >= 11 is 0. The molecule has 1 saturated heterocycles. The van der Waals surface area contributed by atoms with Crippen molar-refractivity contribution in [2.75, 3.05) is 24.8 Å². The number of aliphatic hydroxyl groups is 1.